The lowest BCUT2D eigenvalue weighted by atomic mass is 10.1. The van der Waals surface area contributed by atoms with Crippen LogP contribution in [0.1, 0.15) is 35.0 Å². The number of nitrogens with zero attached hydrogens (tertiary/aromatic N) is 1. The standard InChI is InChI=1S/C31H31N3O2S/c1-4-23-10-12-26(13-11-23)32-31-33-30(35)29(37-31)19-25-18-21(2)34(22(25)3)27-14-16-28(17-15-27)36-20-24-8-6-5-7-9-24/h5-19,31-32H,4,20H2,1-3H3,(H,33,35)/b29-19-/t31-/m0/s1. The number of aromatic nitrogens is 1. The number of amides is 1. The van der Waals surface area contributed by atoms with Gasteiger partial charge in [0.15, 0.2) is 5.50 Å². The molecule has 6 heteroatoms. The Kier molecular flexibility index (Phi) is 7.37. The number of thioether (sulfide) groups is 1. The molecular formula is C31H31N3O2S. The number of nitrogens with one attached hydrogen (secondary N) is 2. The first-order chi connectivity index (χ1) is 18.0. The van der Waals surface area contributed by atoms with Gasteiger partial charge in [0.1, 0.15) is 12.4 Å². The lowest BCUT2D eigenvalue weighted by Gasteiger charge is -2.13. The summed E-state index contributed by atoms with van der Waals surface area (Å²) in [6.45, 7) is 6.85. The second-order valence-corrected chi connectivity index (χ2v) is 10.3. The zero-order valence-corrected chi connectivity index (χ0v) is 22.1. The molecule has 0 unspecified atom stereocenters. The van der Waals surface area contributed by atoms with E-state index in [-0.39, 0.29) is 11.4 Å². The van der Waals surface area contributed by atoms with Gasteiger partial charge in [0.25, 0.3) is 5.91 Å². The highest BCUT2D eigenvalue weighted by Gasteiger charge is 2.27. The summed E-state index contributed by atoms with van der Waals surface area (Å²) in [4.78, 5) is 13.4. The molecule has 1 saturated heterocycles. The van der Waals surface area contributed by atoms with Crippen molar-refractivity contribution in [2.75, 3.05) is 5.32 Å². The second-order valence-electron chi connectivity index (χ2n) is 9.10. The zero-order chi connectivity index (χ0) is 25.8. The average molecular weight is 510 g/mol. The van der Waals surface area contributed by atoms with E-state index in [0.29, 0.717) is 11.5 Å². The van der Waals surface area contributed by atoms with Crippen LogP contribution in [0, 0.1) is 13.8 Å². The van der Waals surface area contributed by atoms with Crippen LogP contribution in [-0.2, 0) is 17.8 Å². The quantitative estimate of drug-likeness (QED) is 0.256. The largest absolute Gasteiger partial charge is 0.489 e. The van der Waals surface area contributed by atoms with Crippen molar-refractivity contribution in [2.45, 2.75) is 39.3 Å². The molecular weight excluding hydrogens is 478 g/mol. The fourth-order valence-electron chi connectivity index (χ4n) is 4.46. The summed E-state index contributed by atoms with van der Waals surface area (Å²) in [5.74, 6) is 0.775. The highest BCUT2D eigenvalue weighted by Crippen LogP contribution is 2.32. The Morgan fingerprint density at radius 2 is 1.70 bits per heavy atom. The van der Waals surface area contributed by atoms with E-state index in [1.54, 1.807) is 0 Å². The van der Waals surface area contributed by atoms with Crippen molar-refractivity contribution < 1.29 is 9.53 Å². The van der Waals surface area contributed by atoms with E-state index in [4.69, 9.17) is 4.74 Å². The Bertz CT molecular complexity index is 1410. The van der Waals surface area contributed by atoms with Crippen LogP contribution in [0.15, 0.2) is 89.8 Å². The van der Waals surface area contributed by atoms with Crippen LogP contribution in [-0.4, -0.2) is 16.0 Å². The number of anilines is 1. The van der Waals surface area contributed by atoms with Crippen LogP contribution in [0.2, 0.25) is 0 Å². The highest BCUT2D eigenvalue weighted by molar-refractivity contribution is 8.05. The maximum Gasteiger partial charge on any atom is 0.260 e. The van der Waals surface area contributed by atoms with Gasteiger partial charge < -0.3 is 19.9 Å². The molecule has 2 heterocycles. The van der Waals surface area contributed by atoms with Gasteiger partial charge in [0.2, 0.25) is 0 Å². The molecule has 1 aliphatic rings. The van der Waals surface area contributed by atoms with Gasteiger partial charge in [-0.2, -0.15) is 0 Å². The van der Waals surface area contributed by atoms with Gasteiger partial charge in [-0.3, -0.25) is 4.79 Å². The minimum Gasteiger partial charge on any atom is -0.489 e. The van der Waals surface area contributed by atoms with E-state index < -0.39 is 0 Å². The molecule has 1 aromatic heterocycles. The summed E-state index contributed by atoms with van der Waals surface area (Å²) in [7, 11) is 0. The van der Waals surface area contributed by atoms with Gasteiger partial charge in [-0.05, 0) is 85.5 Å². The molecule has 5 nitrogen and oxygen atoms in total. The first-order valence-electron chi connectivity index (χ1n) is 12.5. The second kappa shape index (κ2) is 11.0. The zero-order valence-electron chi connectivity index (χ0n) is 21.3. The predicted molar refractivity (Wildman–Crippen MR) is 153 cm³/mol. The van der Waals surface area contributed by atoms with Gasteiger partial charge in [-0.15, -0.1) is 0 Å². The lowest BCUT2D eigenvalue weighted by Crippen LogP contribution is -2.30. The SMILES string of the molecule is CCc1ccc(N[C@H]2NC(=O)/C(=C/c3cc(C)n(-c4ccc(OCc5ccccc5)cc4)c3C)S2)cc1. The molecule has 0 radical (unpaired) electrons. The van der Waals surface area contributed by atoms with Crippen LogP contribution in [0.3, 0.4) is 0 Å². The third-order valence-corrected chi connectivity index (χ3v) is 7.52. The molecule has 0 saturated carbocycles. The molecule has 3 aromatic carbocycles. The Labute approximate surface area is 222 Å². The molecule has 0 aliphatic carbocycles. The van der Waals surface area contributed by atoms with E-state index in [1.165, 1.54) is 17.3 Å². The normalized spacial score (nSPS) is 16.1. The molecule has 1 fully saturated rings. The molecule has 0 spiro atoms. The minimum atomic E-state index is -0.196. The summed E-state index contributed by atoms with van der Waals surface area (Å²) in [6, 6.07) is 28.7. The first kappa shape index (κ1) is 24.8. The van der Waals surface area contributed by atoms with Crippen LogP contribution in [0.4, 0.5) is 5.69 Å². The molecule has 4 aromatic rings. The molecule has 1 amide bonds. The maximum absolute atomic E-state index is 12.7. The van der Waals surface area contributed by atoms with E-state index in [1.807, 2.05) is 36.4 Å². The molecule has 5 rings (SSSR count). The van der Waals surface area contributed by atoms with Gasteiger partial charge in [-0.25, -0.2) is 0 Å². The molecule has 0 bridgehead atoms. The molecule has 188 valence electrons. The third-order valence-electron chi connectivity index (χ3n) is 6.49. The smallest absolute Gasteiger partial charge is 0.260 e. The number of carbonyl (C=O) groups is 1. The predicted octanol–water partition coefficient (Wildman–Crippen LogP) is 6.84. The van der Waals surface area contributed by atoms with Gasteiger partial charge in [0, 0.05) is 22.8 Å². The number of hydrogen-bond donors (Lipinski definition) is 2. The Morgan fingerprint density at radius 3 is 2.41 bits per heavy atom. The molecule has 1 aliphatic heterocycles. The Balaban J connectivity index is 1.28. The minimum absolute atomic E-state index is 0.0580. The number of hydrogen-bond acceptors (Lipinski definition) is 4. The topological polar surface area (TPSA) is 55.3 Å². The molecule has 1 atom stereocenters. The summed E-state index contributed by atoms with van der Waals surface area (Å²) < 4.78 is 8.15. The van der Waals surface area contributed by atoms with Crippen molar-refractivity contribution >= 4 is 29.4 Å². The maximum atomic E-state index is 12.7. The van der Waals surface area contributed by atoms with Crippen LogP contribution in [0.5, 0.6) is 5.75 Å². The van der Waals surface area contributed by atoms with Crippen LogP contribution in [0.25, 0.3) is 11.8 Å². The number of benzene rings is 3. The van der Waals surface area contributed by atoms with Crippen LogP contribution < -0.4 is 15.4 Å². The Morgan fingerprint density at radius 1 is 0.973 bits per heavy atom. The van der Waals surface area contributed by atoms with Crippen molar-refractivity contribution in [2.24, 2.45) is 0 Å². The van der Waals surface area contributed by atoms with E-state index in [2.05, 4.69) is 90.6 Å². The monoisotopic (exact) mass is 509 g/mol. The average Bonchev–Trinajstić information content (AvgIpc) is 3.41. The van der Waals surface area contributed by atoms with Crippen LogP contribution >= 0.6 is 11.8 Å². The number of aryl methyl sites for hydroxylation is 2. The van der Waals surface area contributed by atoms with Crippen molar-refractivity contribution in [1.29, 1.82) is 0 Å². The van der Waals surface area contributed by atoms with Crippen molar-refractivity contribution in [3.05, 3.63) is 118 Å². The number of rotatable bonds is 8. The van der Waals surface area contributed by atoms with Crippen molar-refractivity contribution in [3.8, 4) is 11.4 Å². The van der Waals surface area contributed by atoms with Crippen molar-refractivity contribution in [3.63, 3.8) is 0 Å². The first-order valence-corrected chi connectivity index (χ1v) is 13.4. The number of carbonyl (C=O) groups excluding carboxylic acids is 1. The number of ether oxygens (including phenoxy) is 1. The van der Waals surface area contributed by atoms with Gasteiger partial charge in [0.05, 0.1) is 4.91 Å². The summed E-state index contributed by atoms with van der Waals surface area (Å²) in [5.41, 5.74) is 7.52. The highest BCUT2D eigenvalue weighted by atomic mass is 32.2. The summed E-state index contributed by atoms with van der Waals surface area (Å²) >= 11 is 1.51. The van der Waals surface area contributed by atoms with Gasteiger partial charge >= 0.3 is 0 Å². The molecule has 2 N–H and O–H groups in total. The fraction of sp³-hybridized carbons (Fsp3) is 0.194. The molecule has 37 heavy (non-hydrogen) atoms. The van der Waals surface area contributed by atoms with E-state index in [9.17, 15) is 4.79 Å². The van der Waals surface area contributed by atoms with E-state index >= 15 is 0 Å². The lowest BCUT2D eigenvalue weighted by molar-refractivity contribution is -0.116. The van der Waals surface area contributed by atoms with Gasteiger partial charge in [-0.1, -0.05) is 61.2 Å². The summed E-state index contributed by atoms with van der Waals surface area (Å²) in [6.07, 6.45) is 2.99. The fourth-order valence-corrected chi connectivity index (χ4v) is 5.43. The summed E-state index contributed by atoms with van der Waals surface area (Å²) in [5, 5.41) is 6.42. The van der Waals surface area contributed by atoms with Crippen molar-refractivity contribution in [1.82, 2.24) is 9.88 Å². The van der Waals surface area contributed by atoms with E-state index in [0.717, 1.165) is 46.1 Å². The Hall–Kier alpha value is -3.90. The third kappa shape index (κ3) is 5.75.